The average molecular weight is 264 g/mol. The highest BCUT2D eigenvalue weighted by Crippen LogP contribution is 2.23. The topological polar surface area (TPSA) is 50.7 Å². The number of anilines is 1. The number of nitrogens with zero attached hydrogens (tertiary/aromatic N) is 1. The van der Waals surface area contributed by atoms with Crippen LogP contribution in [-0.4, -0.2) is 0 Å². The zero-order valence-corrected chi connectivity index (χ0v) is 7.61. The van der Waals surface area contributed by atoms with Gasteiger partial charge in [0.1, 0.15) is 28.7 Å². The summed E-state index contributed by atoms with van der Waals surface area (Å²) in [6.45, 7) is 0. The van der Waals surface area contributed by atoms with Crippen LogP contribution in [-0.2, 0) is 3.17 Å². The van der Waals surface area contributed by atoms with Crippen molar-refractivity contribution in [2.24, 2.45) is 5.18 Å². The molecule has 0 aliphatic heterocycles. The molecule has 0 amide bonds. The Kier molecular flexibility index (Phi) is 3.24. The number of hydrogen-bond donors (Lipinski definition) is 1. The van der Waals surface area contributed by atoms with Gasteiger partial charge in [-0.05, 0) is 17.3 Å². The number of halogens is 1. The van der Waals surface area contributed by atoms with Crippen molar-refractivity contribution in [2.45, 2.75) is 0 Å². The maximum absolute atomic E-state index is 10.2. The third-order valence-electron chi connectivity index (χ3n) is 1.15. The summed E-state index contributed by atoms with van der Waals surface area (Å²) in [7, 11) is 0. The number of para-hydroxylation sites is 1. The van der Waals surface area contributed by atoms with Crippen LogP contribution in [0.15, 0.2) is 29.4 Å². The molecule has 0 aromatic heterocycles. The Bertz CT molecular complexity index is 254. The van der Waals surface area contributed by atoms with Crippen molar-refractivity contribution in [3.63, 3.8) is 0 Å². The van der Waals surface area contributed by atoms with Crippen LogP contribution in [0.2, 0.25) is 0 Å². The fourth-order valence-corrected chi connectivity index (χ4v) is 0.918. The fourth-order valence-electron chi connectivity index (χ4n) is 0.681. The largest absolute Gasteiger partial charge is 0.254 e. The Labute approximate surface area is 77.6 Å². The number of nitroso groups, excluding NO2 is 1. The Balaban J connectivity index is 2.92. The van der Waals surface area contributed by atoms with Crippen LogP contribution >= 0.6 is 23.0 Å². The van der Waals surface area contributed by atoms with Crippen LogP contribution in [0.4, 0.5) is 11.4 Å². The molecule has 0 spiro atoms. The van der Waals surface area contributed by atoms with Crippen molar-refractivity contribution >= 4 is 34.4 Å². The maximum atomic E-state index is 10.2. The van der Waals surface area contributed by atoms with E-state index in [4.69, 9.17) is 0 Å². The molecule has 0 unspecified atom stereocenters. The van der Waals surface area contributed by atoms with E-state index < -0.39 is 0 Å². The molecule has 4 nitrogen and oxygen atoms in total. The molecule has 1 aromatic rings. The zero-order chi connectivity index (χ0) is 8.10. The summed E-state index contributed by atoms with van der Waals surface area (Å²) < 4.78 is 4.59. The van der Waals surface area contributed by atoms with Crippen molar-refractivity contribution in [2.75, 3.05) is 5.48 Å². The summed E-state index contributed by atoms with van der Waals surface area (Å²) >= 11 is 1.67. The van der Waals surface area contributed by atoms with Gasteiger partial charge < -0.3 is 0 Å². The van der Waals surface area contributed by atoms with Gasteiger partial charge in [0.15, 0.2) is 0 Å². The quantitative estimate of drug-likeness (QED) is 0.518. The van der Waals surface area contributed by atoms with Crippen molar-refractivity contribution in [3.05, 3.63) is 29.2 Å². The summed E-state index contributed by atoms with van der Waals surface area (Å²) in [6.07, 6.45) is 0. The van der Waals surface area contributed by atoms with E-state index in [1.165, 1.54) is 0 Å². The first-order valence-electron chi connectivity index (χ1n) is 2.84. The highest BCUT2D eigenvalue weighted by molar-refractivity contribution is 14.1. The van der Waals surface area contributed by atoms with Crippen LogP contribution in [0.3, 0.4) is 0 Å². The molecule has 0 atom stereocenters. The Morgan fingerprint density at radius 3 is 2.82 bits per heavy atom. The Hall–Kier alpha value is -0.690. The van der Waals surface area contributed by atoms with E-state index in [1.54, 1.807) is 47.3 Å². The van der Waals surface area contributed by atoms with Crippen molar-refractivity contribution in [1.29, 1.82) is 0 Å². The van der Waals surface area contributed by atoms with E-state index >= 15 is 0 Å². The molecule has 1 rings (SSSR count). The molecule has 0 bridgehead atoms. The van der Waals surface area contributed by atoms with Crippen molar-refractivity contribution in [1.82, 2.24) is 0 Å². The molecule has 5 heteroatoms. The van der Waals surface area contributed by atoms with E-state index in [-0.39, 0.29) is 0 Å². The number of rotatable bonds is 3. The standard InChI is InChI=1S/C6H5IN2O2/c7-11-9-6-4-2-1-3-5(6)8-10/h1-4,9H. The first-order chi connectivity index (χ1) is 5.38. The summed E-state index contributed by atoms with van der Waals surface area (Å²) in [5.41, 5.74) is 3.42. The lowest BCUT2D eigenvalue weighted by atomic mass is 10.3. The highest BCUT2D eigenvalue weighted by atomic mass is 127. The van der Waals surface area contributed by atoms with Gasteiger partial charge in [0.25, 0.3) is 0 Å². The zero-order valence-electron chi connectivity index (χ0n) is 5.45. The van der Waals surface area contributed by atoms with Crippen LogP contribution in [0.5, 0.6) is 0 Å². The maximum Gasteiger partial charge on any atom is 0.145 e. The molecule has 0 aliphatic carbocycles. The smallest absolute Gasteiger partial charge is 0.145 e. The molecule has 1 aromatic carbocycles. The minimum atomic E-state index is 0.337. The summed E-state index contributed by atoms with van der Waals surface area (Å²) in [5, 5.41) is 2.79. The van der Waals surface area contributed by atoms with E-state index in [2.05, 4.69) is 13.8 Å². The summed E-state index contributed by atoms with van der Waals surface area (Å²) in [6, 6.07) is 6.82. The second-order valence-corrected chi connectivity index (χ2v) is 2.23. The molecule has 11 heavy (non-hydrogen) atoms. The van der Waals surface area contributed by atoms with Crippen molar-refractivity contribution in [3.8, 4) is 0 Å². The predicted molar refractivity (Wildman–Crippen MR) is 50.6 cm³/mol. The molecule has 0 radical (unpaired) electrons. The van der Waals surface area contributed by atoms with Crippen LogP contribution < -0.4 is 5.48 Å². The lowest BCUT2D eigenvalue weighted by Crippen LogP contribution is -1.90. The van der Waals surface area contributed by atoms with Gasteiger partial charge in [0, 0.05) is 0 Å². The van der Waals surface area contributed by atoms with Crippen molar-refractivity contribution < 1.29 is 3.17 Å². The molecular weight excluding hydrogens is 259 g/mol. The molecule has 0 heterocycles. The average Bonchev–Trinajstić information content (AvgIpc) is 2.06. The van der Waals surface area contributed by atoms with Gasteiger partial charge in [-0.1, -0.05) is 12.1 Å². The van der Waals surface area contributed by atoms with E-state index in [9.17, 15) is 4.91 Å². The minimum Gasteiger partial charge on any atom is -0.254 e. The van der Waals surface area contributed by atoms with Gasteiger partial charge in [-0.15, -0.1) is 4.91 Å². The van der Waals surface area contributed by atoms with Crippen LogP contribution in [0.1, 0.15) is 0 Å². The van der Waals surface area contributed by atoms with Gasteiger partial charge in [-0.3, -0.25) is 5.48 Å². The van der Waals surface area contributed by atoms with Gasteiger partial charge in [0.05, 0.1) is 5.69 Å². The third kappa shape index (κ3) is 2.12. The highest BCUT2D eigenvalue weighted by Gasteiger charge is 1.98. The SMILES string of the molecule is O=Nc1ccccc1NOI. The molecule has 0 saturated heterocycles. The fraction of sp³-hybridized carbons (Fsp3) is 0. The number of benzene rings is 1. The number of hydrogen-bond acceptors (Lipinski definition) is 4. The predicted octanol–water partition coefficient (Wildman–Crippen LogP) is 2.78. The van der Waals surface area contributed by atoms with Gasteiger partial charge >= 0.3 is 0 Å². The third-order valence-corrected chi connectivity index (χ3v) is 1.37. The van der Waals surface area contributed by atoms with Crippen LogP contribution in [0, 0.1) is 4.91 Å². The van der Waals surface area contributed by atoms with Gasteiger partial charge in [-0.25, -0.2) is 3.17 Å². The molecule has 0 fully saturated rings. The Morgan fingerprint density at radius 2 is 2.18 bits per heavy atom. The first kappa shape index (κ1) is 8.41. The lowest BCUT2D eigenvalue weighted by Gasteiger charge is -2.01. The molecule has 1 N–H and O–H groups in total. The Morgan fingerprint density at radius 1 is 1.45 bits per heavy atom. The summed E-state index contributed by atoms with van der Waals surface area (Å²) in [5.74, 6) is 0. The van der Waals surface area contributed by atoms with E-state index in [0.29, 0.717) is 11.4 Å². The molecule has 58 valence electrons. The summed E-state index contributed by atoms with van der Waals surface area (Å²) in [4.78, 5) is 10.2. The van der Waals surface area contributed by atoms with Crippen LogP contribution in [0.25, 0.3) is 0 Å². The molecule has 0 aliphatic rings. The monoisotopic (exact) mass is 264 g/mol. The van der Waals surface area contributed by atoms with Gasteiger partial charge in [-0.2, -0.15) is 0 Å². The lowest BCUT2D eigenvalue weighted by molar-refractivity contribution is 0.541. The van der Waals surface area contributed by atoms with E-state index in [0.717, 1.165) is 0 Å². The van der Waals surface area contributed by atoms with Gasteiger partial charge in [0.2, 0.25) is 0 Å². The second kappa shape index (κ2) is 4.24. The molecular formula is C6H5IN2O2. The number of nitrogens with one attached hydrogen (secondary N) is 1. The first-order valence-corrected chi connectivity index (χ1v) is 3.72. The molecule has 0 saturated carbocycles. The second-order valence-electron chi connectivity index (χ2n) is 1.79. The van der Waals surface area contributed by atoms with E-state index in [1.807, 2.05) is 0 Å². The minimum absolute atomic E-state index is 0.337. The normalized spacial score (nSPS) is 9.18.